The molecule has 0 amide bonds. The molecule has 0 bridgehead atoms. The zero-order valence-electron chi connectivity index (χ0n) is 11.9. The normalized spacial score (nSPS) is 10.8. The van der Waals surface area contributed by atoms with Crippen molar-refractivity contribution in [2.75, 3.05) is 20.3 Å². The summed E-state index contributed by atoms with van der Waals surface area (Å²) in [6.07, 6.45) is 0.339. The van der Waals surface area contributed by atoms with Gasteiger partial charge in [-0.05, 0) is 28.7 Å². The molecule has 0 unspecified atom stereocenters. The lowest BCUT2D eigenvalue weighted by molar-refractivity contribution is 0.0585. The second-order valence-corrected chi connectivity index (χ2v) is 4.52. The Kier molecular flexibility index (Phi) is 5.35. The van der Waals surface area contributed by atoms with Crippen molar-refractivity contribution in [3.05, 3.63) is 59.7 Å². The highest BCUT2D eigenvalue weighted by Gasteiger charge is 2.15. The van der Waals surface area contributed by atoms with E-state index in [1.54, 1.807) is 0 Å². The van der Waals surface area contributed by atoms with E-state index in [-0.39, 0.29) is 13.2 Å². The molecule has 0 radical (unpaired) electrons. The van der Waals surface area contributed by atoms with Gasteiger partial charge in [0.2, 0.25) is 0 Å². The average Bonchev–Trinajstić information content (AvgIpc) is 2.92. The third kappa shape index (κ3) is 3.83. The SMILES string of the molecule is COC(=O)OCCO.c1ccc2c(c1)Cc1ccccc1-2. The van der Waals surface area contributed by atoms with Gasteiger partial charge in [0.05, 0.1) is 13.7 Å². The van der Waals surface area contributed by atoms with Crippen LogP contribution in [0.25, 0.3) is 11.1 Å². The summed E-state index contributed by atoms with van der Waals surface area (Å²) >= 11 is 0. The quantitative estimate of drug-likeness (QED) is 0.736. The van der Waals surface area contributed by atoms with Gasteiger partial charge in [0.1, 0.15) is 6.61 Å². The van der Waals surface area contributed by atoms with E-state index in [1.807, 2.05) is 0 Å². The number of rotatable bonds is 2. The maximum absolute atomic E-state index is 10.0. The summed E-state index contributed by atoms with van der Waals surface area (Å²) in [7, 11) is 1.21. The standard InChI is InChI=1S/C13H10.C4H8O4/c1-3-7-12-10(5-1)9-11-6-2-4-8-13(11)12;1-7-4(6)8-3-2-5/h1-8H,9H2;5H,2-3H2,1H3. The number of aliphatic hydroxyl groups is 1. The fraction of sp³-hybridized carbons (Fsp3) is 0.235. The number of fused-ring (bicyclic) bond motifs is 3. The van der Waals surface area contributed by atoms with Crippen molar-refractivity contribution in [3.63, 3.8) is 0 Å². The van der Waals surface area contributed by atoms with Crippen LogP contribution < -0.4 is 0 Å². The number of carbonyl (C=O) groups excluding carboxylic acids is 1. The fourth-order valence-corrected chi connectivity index (χ4v) is 2.27. The van der Waals surface area contributed by atoms with Gasteiger partial charge < -0.3 is 14.6 Å². The molecule has 0 saturated carbocycles. The maximum atomic E-state index is 10.0. The number of carbonyl (C=O) groups is 1. The van der Waals surface area contributed by atoms with Crippen molar-refractivity contribution in [2.45, 2.75) is 6.42 Å². The lowest BCUT2D eigenvalue weighted by Gasteiger charge is -1.98. The zero-order chi connectivity index (χ0) is 15.1. The van der Waals surface area contributed by atoms with Crippen LogP contribution in [0.1, 0.15) is 11.1 Å². The third-order valence-corrected chi connectivity index (χ3v) is 3.18. The first kappa shape index (κ1) is 15.1. The molecule has 1 N–H and O–H groups in total. The molecule has 1 aliphatic carbocycles. The molecule has 0 atom stereocenters. The number of aliphatic hydroxyl groups excluding tert-OH is 1. The Morgan fingerprint density at radius 3 is 2.05 bits per heavy atom. The molecular weight excluding hydrogens is 268 g/mol. The molecule has 110 valence electrons. The van der Waals surface area contributed by atoms with Crippen molar-refractivity contribution in [1.82, 2.24) is 0 Å². The summed E-state index contributed by atoms with van der Waals surface area (Å²) in [6, 6.07) is 17.3. The van der Waals surface area contributed by atoms with Gasteiger partial charge >= 0.3 is 6.16 Å². The molecule has 0 heterocycles. The molecule has 0 aromatic heterocycles. The Morgan fingerprint density at radius 2 is 1.57 bits per heavy atom. The molecule has 0 saturated heterocycles. The molecule has 21 heavy (non-hydrogen) atoms. The van der Waals surface area contributed by atoms with Crippen molar-refractivity contribution in [3.8, 4) is 11.1 Å². The first-order valence-corrected chi connectivity index (χ1v) is 6.74. The molecular formula is C17H18O4. The lowest BCUT2D eigenvalue weighted by Crippen LogP contribution is -2.07. The highest BCUT2D eigenvalue weighted by atomic mass is 16.7. The Morgan fingerprint density at radius 1 is 1.05 bits per heavy atom. The Balaban J connectivity index is 0.000000177. The Bertz CT molecular complexity index is 564. The summed E-state index contributed by atoms with van der Waals surface area (Å²) in [6.45, 7) is -0.179. The van der Waals surface area contributed by atoms with E-state index in [4.69, 9.17) is 5.11 Å². The number of hydrogen-bond donors (Lipinski definition) is 1. The highest BCUT2D eigenvalue weighted by Crippen LogP contribution is 2.35. The van der Waals surface area contributed by atoms with Crippen molar-refractivity contribution >= 4 is 6.16 Å². The van der Waals surface area contributed by atoms with E-state index in [0.29, 0.717) is 0 Å². The van der Waals surface area contributed by atoms with Crippen molar-refractivity contribution in [1.29, 1.82) is 0 Å². The van der Waals surface area contributed by atoms with Crippen LogP contribution in [0.4, 0.5) is 4.79 Å². The van der Waals surface area contributed by atoms with E-state index in [9.17, 15) is 4.79 Å². The van der Waals surface area contributed by atoms with Crippen LogP contribution >= 0.6 is 0 Å². The monoisotopic (exact) mass is 286 g/mol. The predicted octanol–water partition coefficient (Wildman–Crippen LogP) is 3.02. The average molecular weight is 286 g/mol. The van der Waals surface area contributed by atoms with Crippen LogP contribution in [0.2, 0.25) is 0 Å². The Hall–Kier alpha value is -2.33. The Labute approximate surface area is 123 Å². The van der Waals surface area contributed by atoms with E-state index < -0.39 is 6.16 Å². The maximum Gasteiger partial charge on any atom is 0.508 e. The van der Waals surface area contributed by atoms with Gasteiger partial charge in [-0.15, -0.1) is 0 Å². The second kappa shape index (κ2) is 7.45. The molecule has 0 fully saturated rings. The van der Waals surface area contributed by atoms with Crippen LogP contribution in [0.5, 0.6) is 0 Å². The summed E-state index contributed by atoms with van der Waals surface area (Å²) in [5, 5.41) is 8.08. The van der Waals surface area contributed by atoms with Gasteiger partial charge in [0, 0.05) is 0 Å². The molecule has 2 aromatic carbocycles. The summed E-state index contributed by atoms with van der Waals surface area (Å²) in [4.78, 5) is 10.0. The largest absolute Gasteiger partial charge is 0.508 e. The third-order valence-electron chi connectivity index (χ3n) is 3.18. The van der Waals surface area contributed by atoms with Gasteiger partial charge in [-0.25, -0.2) is 4.79 Å². The minimum atomic E-state index is -0.765. The van der Waals surface area contributed by atoms with Gasteiger partial charge in [-0.3, -0.25) is 0 Å². The minimum Gasteiger partial charge on any atom is -0.438 e. The number of methoxy groups -OCH3 is 1. The summed E-state index contributed by atoms with van der Waals surface area (Å²) in [5.74, 6) is 0. The van der Waals surface area contributed by atoms with Crippen LogP contribution in [-0.2, 0) is 15.9 Å². The number of ether oxygens (including phenoxy) is 2. The second-order valence-electron chi connectivity index (χ2n) is 4.52. The molecule has 0 aliphatic heterocycles. The lowest BCUT2D eigenvalue weighted by atomic mass is 10.1. The predicted molar refractivity (Wildman–Crippen MR) is 80.1 cm³/mol. The number of benzene rings is 2. The molecule has 2 aromatic rings. The highest BCUT2D eigenvalue weighted by molar-refractivity contribution is 5.76. The van der Waals surface area contributed by atoms with E-state index in [1.165, 1.54) is 29.4 Å². The first-order chi connectivity index (χ1) is 10.3. The van der Waals surface area contributed by atoms with Gasteiger partial charge in [0.15, 0.2) is 0 Å². The minimum absolute atomic E-state index is 0.00727. The zero-order valence-corrected chi connectivity index (χ0v) is 11.9. The fourth-order valence-electron chi connectivity index (χ4n) is 2.27. The van der Waals surface area contributed by atoms with Crippen LogP contribution in [0.3, 0.4) is 0 Å². The summed E-state index contributed by atoms with van der Waals surface area (Å²) in [5.41, 5.74) is 5.75. The van der Waals surface area contributed by atoms with Gasteiger partial charge in [-0.2, -0.15) is 0 Å². The van der Waals surface area contributed by atoms with Crippen LogP contribution in [-0.4, -0.2) is 31.6 Å². The van der Waals surface area contributed by atoms with Crippen LogP contribution in [0, 0.1) is 0 Å². The molecule has 1 aliphatic rings. The van der Waals surface area contributed by atoms with Crippen molar-refractivity contribution in [2.24, 2.45) is 0 Å². The molecule has 3 rings (SSSR count). The van der Waals surface area contributed by atoms with Gasteiger partial charge in [-0.1, -0.05) is 48.5 Å². The summed E-state index contributed by atoms with van der Waals surface area (Å²) < 4.78 is 8.31. The number of hydrogen-bond acceptors (Lipinski definition) is 4. The molecule has 4 heteroatoms. The smallest absolute Gasteiger partial charge is 0.438 e. The van der Waals surface area contributed by atoms with E-state index >= 15 is 0 Å². The van der Waals surface area contributed by atoms with E-state index in [0.717, 1.165) is 6.42 Å². The topological polar surface area (TPSA) is 55.8 Å². The first-order valence-electron chi connectivity index (χ1n) is 6.74. The van der Waals surface area contributed by atoms with E-state index in [2.05, 4.69) is 58.0 Å². The van der Waals surface area contributed by atoms with Crippen molar-refractivity contribution < 1.29 is 19.4 Å². The van der Waals surface area contributed by atoms with Gasteiger partial charge in [0.25, 0.3) is 0 Å². The van der Waals surface area contributed by atoms with Crippen LogP contribution in [0.15, 0.2) is 48.5 Å². The molecule has 0 spiro atoms. The molecule has 4 nitrogen and oxygen atoms in total.